The van der Waals surface area contributed by atoms with Crippen molar-refractivity contribution in [1.29, 1.82) is 0 Å². The standard InChI is InChI=1S/C13H23NO3S/c1-3-8-18-10-12(15)14-7-5-6-11(9-14)13(16)17-4-2/h11H,3-10H2,1-2H3. The molecule has 0 aromatic rings. The normalized spacial score (nSPS) is 19.7. The van der Waals surface area contributed by atoms with E-state index in [2.05, 4.69) is 6.92 Å². The first kappa shape index (κ1) is 15.3. The fourth-order valence-electron chi connectivity index (χ4n) is 2.05. The molecule has 1 amide bonds. The minimum atomic E-state index is -0.156. The third-order valence-electron chi connectivity index (χ3n) is 2.97. The van der Waals surface area contributed by atoms with Gasteiger partial charge in [0.05, 0.1) is 18.3 Å². The number of rotatable bonds is 6. The quantitative estimate of drug-likeness (QED) is 0.548. The Morgan fingerprint density at radius 1 is 1.39 bits per heavy atom. The van der Waals surface area contributed by atoms with Gasteiger partial charge in [-0.3, -0.25) is 9.59 Å². The number of ether oxygens (including phenoxy) is 1. The van der Waals surface area contributed by atoms with Gasteiger partial charge in [-0.1, -0.05) is 6.92 Å². The summed E-state index contributed by atoms with van der Waals surface area (Å²) in [6.45, 7) is 5.64. The molecule has 18 heavy (non-hydrogen) atoms. The molecule has 5 heteroatoms. The number of nitrogens with zero attached hydrogens (tertiary/aromatic N) is 1. The number of hydrogen-bond donors (Lipinski definition) is 0. The van der Waals surface area contributed by atoms with Gasteiger partial charge in [0.1, 0.15) is 0 Å². The monoisotopic (exact) mass is 273 g/mol. The van der Waals surface area contributed by atoms with Crippen molar-refractivity contribution in [2.45, 2.75) is 33.1 Å². The Balaban J connectivity index is 2.38. The van der Waals surface area contributed by atoms with Gasteiger partial charge in [-0.25, -0.2) is 0 Å². The van der Waals surface area contributed by atoms with Crippen LogP contribution in [0.15, 0.2) is 0 Å². The third kappa shape index (κ3) is 4.88. The van der Waals surface area contributed by atoms with Crippen LogP contribution in [0, 0.1) is 5.92 Å². The Morgan fingerprint density at radius 2 is 2.17 bits per heavy atom. The van der Waals surface area contributed by atoms with Crippen molar-refractivity contribution in [2.24, 2.45) is 5.92 Å². The van der Waals surface area contributed by atoms with E-state index in [9.17, 15) is 9.59 Å². The molecule has 1 atom stereocenters. The maximum Gasteiger partial charge on any atom is 0.310 e. The lowest BCUT2D eigenvalue weighted by Crippen LogP contribution is -2.43. The molecule has 0 radical (unpaired) electrons. The molecule has 4 nitrogen and oxygen atoms in total. The smallest absolute Gasteiger partial charge is 0.310 e. The largest absolute Gasteiger partial charge is 0.466 e. The minimum Gasteiger partial charge on any atom is -0.466 e. The fraction of sp³-hybridized carbons (Fsp3) is 0.846. The van der Waals surface area contributed by atoms with E-state index in [0.717, 1.165) is 31.6 Å². The van der Waals surface area contributed by atoms with E-state index in [1.54, 1.807) is 11.8 Å². The highest BCUT2D eigenvalue weighted by molar-refractivity contribution is 7.99. The Hall–Kier alpha value is -0.710. The molecule has 1 unspecified atom stereocenters. The van der Waals surface area contributed by atoms with E-state index in [0.29, 0.717) is 18.9 Å². The lowest BCUT2D eigenvalue weighted by molar-refractivity contribution is -0.151. The highest BCUT2D eigenvalue weighted by Gasteiger charge is 2.28. The molecule has 0 aromatic heterocycles. The zero-order valence-corrected chi connectivity index (χ0v) is 12.1. The Kier molecular flexibility index (Phi) is 7.16. The number of esters is 1. The van der Waals surface area contributed by atoms with Crippen LogP contribution in [-0.2, 0) is 14.3 Å². The van der Waals surface area contributed by atoms with Crippen LogP contribution < -0.4 is 0 Å². The highest BCUT2D eigenvalue weighted by atomic mass is 32.2. The van der Waals surface area contributed by atoms with Crippen molar-refractivity contribution in [3.8, 4) is 0 Å². The zero-order chi connectivity index (χ0) is 13.4. The Morgan fingerprint density at radius 3 is 2.83 bits per heavy atom. The molecule has 0 aliphatic carbocycles. The van der Waals surface area contributed by atoms with Gasteiger partial charge in [0, 0.05) is 13.1 Å². The number of hydrogen-bond acceptors (Lipinski definition) is 4. The zero-order valence-electron chi connectivity index (χ0n) is 11.3. The van der Waals surface area contributed by atoms with Crippen molar-refractivity contribution in [2.75, 3.05) is 31.2 Å². The Labute approximate surface area is 113 Å². The SMILES string of the molecule is CCCSCC(=O)N1CCCC(C(=O)OCC)C1. The maximum absolute atomic E-state index is 12.0. The molecule has 1 fully saturated rings. The summed E-state index contributed by atoms with van der Waals surface area (Å²) in [5, 5.41) is 0. The van der Waals surface area contributed by atoms with Gasteiger partial charge < -0.3 is 9.64 Å². The number of piperidine rings is 1. The van der Waals surface area contributed by atoms with Crippen LogP contribution in [0.5, 0.6) is 0 Å². The predicted octanol–water partition coefficient (Wildman–Crippen LogP) is 1.93. The number of likely N-dealkylation sites (tertiary alicyclic amines) is 1. The van der Waals surface area contributed by atoms with E-state index < -0.39 is 0 Å². The Bertz CT molecular complexity index is 283. The molecular formula is C13H23NO3S. The molecule has 0 bridgehead atoms. The second kappa shape index (κ2) is 8.40. The fourth-order valence-corrected chi connectivity index (χ4v) is 2.84. The molecule has 1 saturated heterocycles. The maximum atomic E-state index is 12.0. The molecule has 1 aliphatic heterocycles. The lowest BCUT2D eigenvalue weighted by atomic mass is 9.98. The minimum absolute atomic E-state index is 0.126. The predicted molar refractivity (Wildman–Crippen MR) is 73.6 cm³/mol. The molecule has 0 spiro atoms. The number of amides is 1. The van der Waals surface area contributed by atoms with Gasteiger partial charge in [0.25, 0.3) is 0 Å². The second-order valence-corrected chi connectivity index (χ2v) is 5.59. The van der Waals surface area contributed by atoms with Crippen LogP contribution in [-0.4, -0.2) is 48.0 Å². The first-order valence-corrected chi connectivity index (χ1v) is 7.86. The van der Waals surface area contributed by atoms with E-state index in [-0.39, 0.29) is 17.8 Å². The average molecular weight is 273 g/mol. The van der Waals surface area contributed by atoms with Gasteiger partial charge >= 0.3 is 5.97 Å². The first-order chi connectivity index (χ1) is 8.69. The van der Waals surface area contributed by atoms with E-state index in [1.165, 1.54) is 0 Å². The van der Waals surface area contributed by atoms with E-state index in [4.69, 9.17) is 4.74 Å². The molecule has 1 aliphatic rings. The highest BCUT2D eigenvalue weighted by Crippen LogP contribution is 2.19. The summed E-state index contributed by atoms with van der Waals surface area (Å²) in [5.74, 6) is 1.42. The van der Waals surface area contributed by atoms with Gasteiger partial charge in [0.2, 0.25) is 5.91 Å². The summed E-state index contributed by atoms with van der Waals surface area (Å²) in [4.78, 5) is 25.4. The van der Waals surface area contributed by atoms with Crippen molar-refractivity contribution < 1.29 is 14.3 Å². The molecule has 0 saturated carbocycles. The van der Waals surface area contributed by atoms with Crippen molar-refractivity contribution in [3.63, 3.8) is 0 Å². The third-order valence-corrected chi connectivity index (χ3v) is 4.12. The topological polar surface area (TPSA) is 46.6 Å². The van der Waals surface area contributed by atoms with Crippen LogP contribution in [0.2, 0.25) is 0 Å². The molecular weight excluding hydrogens is 250 g/mol. The number of thioether (sulfide) groups is 1. The molecule has 0 aromatic carbocycles. The summed E-state index contributed by atoms with van der Waals surface area (Å²) >= 11 is 1.67. The van der Waals surface area contributed by atoms with Crippen molar-refractivity contribution >= 4 is 23.6 Å². The molecule has 1 rings (SSSR count). The molecule has 104 valence electrons. The van der Waals surface area contributed by atoms with Crippen LogP contribution in [0.25, 0.3) is 0 Å². The van der Waals surface area contributed by atoms with Crippen LogP contribution in [0.4, 0.5) is 0 Å². The number of carbonyl (C=O) groups excluding carboxylic acids is 2. The van der Waals surface area contributed by atoms with Crippen LogP contribution >= 0.6 is 11.8 Å². The van der Waals surface area contributed by atoms with Gasteiger partial charge in [-0.05, 0) is 31.9 Å². The van der Waals surface area contributed by atoms with Crippen molar-refractivity contribution in [3.05, 3.63) is 0 Å². The summed E-state index contributed by atoms with van der Waals surface area (Å²) in [5.41, 5.74) is 0. The van der Waals surface area contributed by atoms with Crippen LogP contribution in [0.1, 0.15) is 33.1 Å². The van der Waals surface area contributed by atoms with Gasteiger partial charge in [-0.15, -0.1) is 0 Å². The summed E-state index contributed by atoms with van der Waals surface area (Å²) in [6.07, 6.45) is 2.82. The van der Waals surface area contributed by atoms with Gasteiger partial charge in [0.15, 0.2) is 0 Å². The second-order valence-electron chi connectivity index (χ2n) is 4.48. The summed E-state index contributed by atoms with van der Waals surface area (Å²) in [7, 11) is 0. The average Bonchev–Trinajstić information content (AvgIpc) is 2.39. The summed E-state index contributed by atoms with van der Waals surface area (Å²) < 4.78 is 5.03. The van der Waals surface area contributed by atoms with Crippen molar-refractivity contribution in [1.82, 2.24) is 4.90 Å². The van der Waals surface area contributed by atoms with E-state index >= 15 is 0 Å². The van der Waals surface area contributed by atoms with Crippen LogP contribution in [0.3, 0.4) is 0 Å². The van der Waals surface area contributed by atoms with E-state index in [1.807, 2.05) is 11.8 Å². The molecule has 1 heterocycles. The lowest BCUT2D eigenvalue weighted by Gasteiger charge is -2.31. The molecule has 0 N–H and O–H groups in total. The van der Waals surface area contributed by atoms with Gasteiger partial charge in [-0.2, -0.15) is 11.8 Å². The first-order valence-electron chi connectivity index (χ1n) is 6.71. The summed E-state index contributed by atoms with van der Waals surface area (Å²) in [6, 6.07) is 0. The number of carbonyl (C=O) groups is 2.